The molecule has 0 spiro atoms. The van der Waals surface area contributed by atoms with Crippen molar-refractivity contribution < 1.29 is 9.59 Å². The molecule has 152 valence electrons. The summed E-state index contributed by atoms with van der Waals surface area (Å²) in [7, 11) is 5.75. The van der Waals surface area contributed by atoms with Gasteiger partial charge in [-0.1, -0.05) is 24.3 Å². The molecule has 4 aliphatic rings. The predicted molar refractivity (Wildman–Crippen MR) is 112 cm³/mol. The van der Waals surface area contributed by atoms with Crippen LogP contribution in [0.4, 0.5) is 5.69 Å². The molecule has 0 radical (unpaired) electrons. The molecular weight excluding hydrogens is 364 g/mol. The lowest BCUT2D eigenvalue weighted by Gasteiger charge is -2.46. The number of likely N-dealkylation sites (N-methyl/N-ethyl adjacent to an activating group) is 1. The third-order valence-electron chi connectivity index (χ3n) is 6.95. The van der Waals surface area contributed by atoms with Crippen molar-refractivity contribution in [2.75, 3.05) is 32.6 Å². The minimum atomic E-state index is -0.166. The van der Waals surface area contributed by atoms with Crippen LogP contribution in [-0.2, 0) is 9.59 Å². The molecule has 2 amide bonds. The second kappa shape index (κ2) is 6.73. The third-order valence-corrected chi connectivity index (χ3v) is 6.95. The summed E-state index contributed by atoms with van der Waals surface area (Å²) in [5.74, 6) is 0.662. The Kier molecular flexibility index (Phi) is 4.28. The number of carbonyl (C=O) groups is 2. The minimum absolute atomic E-state index is 0.00861. The van der Waals surface area contributed by atoms with Crippen molar-refractivity contribution in [3.05, 3.63) is 53.8 Å². The highest BCUT2D eigenvalue weighted by molar-refractivity contribution is 6.03. The van der Waals surface area contributed by atoms with Crippen LogP contribution >= 0.6 is 0 Å². The zero-order valence-electron chi connectivity index (χ0n) is 17.2. The predicted octanol–water partition coefficient (Wildman–Crippen LogP) is 1.91. The summed E-state index contributed by atoms with van der Waals surface area (Å²) in [5, 5.41) is 3.80. The molecule has 6 nitrogen and oxygen atoms in total. The number of rotatable bonds is 2. The third kappa shape index (κ3) is 2.81. The number of anilines is 1. The van der Waals surface area contributed by atoms with Crippen LogP contribution in [0.2, 0.25) is 0 Å². The number of piperazine rings is 1. The van der Waals surface area contributed by atoms with E-state index in [4.69, 9.17) is 0 Å². The number of hydrogen-bond acceptors (Lipinski definition) is 4. The van der Waals surface area contributed by atoms with E-state index in [-0.39, 0.29) is 36.4 Å². The fourth-order valence-corrected chi connectivity index (χ4v) is 5.50. The number of hydrogen-bond donors (Lipinski definition) is 1. The summed E-state index contributed by atoms with van der Waals surface area (Å²) >= 11 is 0. The molecule has 1 aliphatic carbocycles. The molecular formula is C23H28N4O2. The maximum atomic E-state index is 13.1. The van der Waals surface area contributed by atoms with Gasteiger partial charge in [0.05, 0.1) is 6.04 Å². The molecule has 1 aromatic carbocycles. The van der Waals surface area contributed by atoms with E-state index >= 15 is 0 Å². The standard InChI is InChI=1S/C23H28N4O2/c1-25(2)15-10-8-14(9-11-15)22-21-17(16-6-4-5-7-18(16)24-21)12-19-23(29)26(3)13-20(28)27(19)22/h5,7-12,16-18,21-22,24H,4,6,13H2,1-3H3. The van der Waals surface area contributed by atoms with Crippen LogP contribution in [-0.4, -0.2) is 61.4 Å². The molecule has 3 heterocycles. The van der Waals surface area contributed by atoms with Crippen LogP contribution in [0.15, 0.2) is 48.2 Å². The first-order valence-electron chi connectivity index (χ1n) is 10.4. The van der Waals surface area contributed by atoms with Gasteiger partial charge in [-0.15, -0.1) is 0 Å². The van der Waals surface area contributed by atoms with Crippen molar-refractivity contribution >= 4 is 17.5 Å². The van der Waals surface area contributed by atoms with Crippen LogP contribution in [0.3, 0.4) is 0 Å². The van der Waals surface area contributed by atoms with Crippen molar-refractivity contribution in [2.24, 2.45) is 11.8 Å². The summed E-state index contributed by atoms with van der Waals surface area (Å²) in [6.07, 6.45) is 8.79. The van der Waals surface area contributed by atoms with Gasteiger partial charge in [-0.25, -0.2) is 0 Å². The summed E-state index contributed by atoms with van der Waals surface area (Å²) in [6.45, 7) is 0.132. The van der Waals surface area contributed by atoms with Crippen LogP contribution in [0.25, 0.3) is 0 Å². The normalized spacial score (nSPS) is 33.2. The Hall–Kier alpha value is -2.60. The van der Waals surface area contributed by atoms with Gasteiger partial charge in [0.1, 0.15) is 12.2 Å². The fourth-order valence-electron chi connectivity index (χ4n) is 5.50. The maximum Gasteiger partial charge on any atom is 0.270 e. The molecule has 3 aliphatic heterocycles. The van der Waals surface area contributed by atoms with Gasteiger partial charge in [0.15, 0.2) is 0 Å². The lowest BCUT2D eigenvalue weighted by atomic mass is 9.75. The van der Waals surface area contributed by atoms with Crippen LogP contribution < -0.4 is 10.2 Å². The Morgan fingerprint density at radius 2 is 1.90 bits per heavy atom. The van der Waals surface area contributed by atoms with Gasteiger partial charge >= 0.3 is 0 Å². The van der Waals surface area contributed by atoms with E-state index in [1.807, 2.05) is 14.1 Å². The lowest BCUT2D eigenvalue weighted by Crippen LogP contribution is -2.58. The Labute approximate surface area is 171 Å². The number of nitrogens with zero attached hydrogens (tertiary/aromatic N) is 3. The molecule has 2 saturated heterocycles. The highest BCUT2D eigenvalue weighted by Crippen LogP contribution is 2.47. The molecule has 6 heteroatoms. The minimum Gasteiger partial charge on any atom is -0.378 e. The molecule has 0 bridgehead atoms. The van der Waals surface area contributed by atoms with Gasteiger partial charge in [0.2, 0.25) is 5.91 Å². The van der Waals surface area contributed by atoms with Crippen molar-refractivity contribution in [1.29, 1.82) is 0 Å². The zero-order valence-corrected chi connectivity index (χ0v) is 17.2. The second-order valence-corrected chi connectivity index (χ2v) is 8.87. The Morgan fingerprint density at radius 3 is 2.62 bits per heavy atom. The Morgan fingerprint density at radius 1 is 1.14 bits per heavy atom. The average Bonchev–Trinajstić information content (AvgIpc) is 3.09. The average molecular weight is 393 g/mol. The van der Waals surface area contributed by atoms with Gasteiger partial charge in [0, 0.05) is 44.8 Å². The number of benzene rings is 1. The van der Waals surface area contributed by atoms with Crippen molar-refractivity contribution in [2.45, 2.75) is 31.0 Å². The molecule has 1 aromatic rings. The van der Waals surface area contributed by atoms with Gasteiger partial charge < -0.3 is 15.1 Å². The quantitative estimate of drug-likeness (QED) is 0.782. The van der Waals surface area contributed by atoms with E-state index in [0.717, 1.165) is 24.1 Å². The number of carbonyl (C=O) groups excluding carboxylic acids is 2. The van der Waals surface area contributed by atoms with E-state index in [1.54, 1.807) is 11.9 Å². The van der Waals surface area contributed by atoms with Gasteiger partial charge in [0.25, 0.3) is 5.91 Å². The molecule has 2 fully saturated rings. The first kappa shape index (κ1) is 18.4. The van der Waals surface area contributed by atoms with Crippen molar-refractivity contribution in [3.63, 3.8) is 0 Å². The summed E-state index contributed by atoms with van der Waals surface area (Å²) in [5.41, 5.74) is 2.76. The largest absolute Gasteiger partial charge is 0.378 e. The number of allylic oxidation sites excluding steroid dienone is 1. The lowest BCUT2D eigenvalue weighted by molar-refractivity contribution is -0.147. The number of nitrogens with one attached hydrogen (secondary N) is 1. The number of fused-ring (bicyclic) bond motifs is 4. The van der Waals surface area contributed by atoms with Crippen molar-refractivity contribution in [1.82, 2.24) is 15.1 Å². The van der Waals surface area contributed by atoms with E-state index in [9.17, 15) is 9.59 Å². The van der Waals surface area contributed by atoms with Crippen molar-refractivity contribution in [3.8, 4) is 0 Å². The zero-order chi connectivity index (χ0) is 20.3. The van der Waals surface area contributed by atoms with Gasteiger partial charge in [-0.2, -0.15) is 0 Å². The first-order chi connectivity index (χ1) is 14.0. The highest BCUT2D eigenvalue weighted by atomic mass is 16.2. The van der Waals surface area contributed by atoms with Gasteiger partial charge in [-0.3, -0.25) is 14.5 Å². The second-order valence-electron chi connectivity index (χ2n) is 8.87. The molecule has 5 rings (SSSR count). The Bertz CT molecular complexity index is 904. The van der Waals surface area contributed by atoms with Gasteiger partial charge in [-0.05, 0) is 42.5 Å². The molecule has 1 N–H and O–H groups in total. The first-order valence-corrected chi connectivity index (χ1v) is 10.4. The van der Waals surface area contributed by atoms with Crippen LogP contribution in [0, 0.1) is 11.8 Å². The Balaban J connectivity index is 1.61. The molecule has 29 heavy (non-hydrogen) atoms. The molecule has 0 aromatic heterocycles. The fraction of sp³-hybridized carbons (Fsp3) is 0.478. The van der Waals surface area contributed by atoms with E-state index in [2.05, 4.69) is 52.7 Å². The molecule has 0 saturated carbocycles. The smallest absolute Gasteiger partial charge is 0.270 e. The molecule has 5 unspecified atom stereocenters. The van der Waals surface area contributed by atoms with E-state index in [1.165, 1.54) is 4.90 Å². The maximum absolute atomic E-state index is 13.1. The SMILES string of the molecule is CN1CC(=O)N2C(=CC3C4CCC=CC4NC3C2c2ccc(N(C)C)cc2)C1=O. The molecule has 5 atom stereocenters. The number of amides is 2. The highest BCUT2D eigenvalue weighted by Gasteiger charge is 2.53. The topological polar surface area (TPSA) is 55.9 Å². The summed E-state index contributed by atoms with van der Waals surface area (Å²) in [6, 6.07) is 8.65. The van der Waals surface area contributed by atoms with E-state index < -0.39 is 0 Å². The monoisotopic (exact) mass is 392 g/mol. The summed E-state index contributed by atoms with van der Waals surface area (Å²) in [4.78, 5) is 31.5. The van der Waals surface area contributed by atoms with Crippen LogP contribution in [0.1, 0.15) is 24.4 Å². The van der Waals surface area contributed by atoms with E-state index in [0.29, 0.717) is 17.7 Å². The van der Waals surface area contributed by atoms with Crippen LogP contribution in [0.5, 0.6) is 0 Å². The summed E-state index contributed by atoms with van der Waals surface area (Å²) < 4.78 is 0.